The van der Waals surface area contributed by atoms with E-state index in [2.05, 4.69) is 21.1 Å². The van der Waals surface area contributed by atoms with Crippen LogP contribution < -0.4 is 10.7 Å². The monoisotopic (exact) mass is 255 g/mol. The van der Waals surface area contributed by atoms with Crippen molar-refractivity contribution in [2.75, 3.05) is 6.61 Å². The Hall–Kier alpha value is -1.71. The predicted molar refractivity (Wildman–Crippen MR) is 56.6 cm³/mol. The summed E-state index contributed by atoms with van der Waals surface area (Å²) in [6, 6.07) is -0.422. The molecule has 3 aliphatic heterocycles. The van der Waals surface area contributed by atoms with Gasteiger partial charge in [0.25, 0.3) is 0 Å². The Balaban J connectivity index is 1.80. The van der Waals surface area contributed by atoms with Crippen LogP contribution in [0.2, 0.25) is 0 Å². The van der Waals surface area contributed by atoms with Gasteiger partial charge in [0.15, 0.2) is 12.4 Å². The van der Waals surface area contributed by atoms with Gasteiger partial charge in [-0.25, -0.2) is 4.79 Å². The molecule has 0 aromatic rings. The lowest BCUT2D eigenvalue weighted by atomic mass is 10.2. The van der Waals surface area contributed by atoms with Crippen molar-refractivity contribution in [3.63, 3.8) is 0 Å². The maximum atomic E-state index is 11.9. The molecule has 4 N–H and O–H groups in total. The van der Waals surface area contributed by atoms with E-state index in [1.165, 1.54) is 11.1 Å². The fraction of sp³-hybridized carbons (Fsp3) is 0.667. The summed E-state index contributed by atoms with van der Waals surface area (Å²) in [5, 5.41) is 28.8. The van der Waals surface area contributed by atoms with E-state index in [0.29, 0.717) is 12.1 Å². The van der Waals surface area contributed by atoms with Crippen molar-refractivity contribution in [1.29, 1.82) is 0 Å². The maximum absolute atomic E-state index is 11.9. The molecule has 3 rings (SSSR count). The molecule has 18 heavy (non-hydrogen) atoms. The van der Waals surface area contributed by atoms with Gasteiger partial charge >= 0.3 is 6.03 Å². The number of aliphatic hydroxyl groups excluding tert-OH is 2. The highest BCUT2D eigenvalue weighted by molar-refractivity contribution is 5.78. The van der Waals surface area contributed by atoms with Crippen molar-refractivity contribution in [3.8, 4) is 0 Å². The van der Waals surface area contributed by atoms with Crippen LogP contribution in [0.1, 0.15) is 6.42 Å². The van der Waals surface area contributed by atoms with Crippen molar-refractivity contribution in [2.24, 2.45) is 10.3 Å². The van der Waals surface area contributed by atoms with Crippen LogP contribution in [0.5, 0.6) is 0 Å². The lowest BCUT2D eigenvalue weighted by Crippen LogP contribution is -2.53. The Morgan fingerprint density at radius 3 is 3.17 bits per heavy atom. The van der Waals surface area contributed by atoms with Crippen LogP contribution >= 0.6 is 0 Å². The standard InChI is InChI=1S/C9H13N5O4/c15-3-4-1-6(16)8(18-4)14-2-5-7(10-9(14)17)12-13-11-5/h2,4,6-8,15-16H,1,3H2,(H,10,17)(H,11,12)/t4-,6?,7?,8+/m0/s1. The number of amides is 2. The van der Waals surface area contributed by atoms with E-state index in [1.54, 1.807) is 0 Å². The molecule has 3 heterocycles. The number of carbonyl (C=O) groups is 1. The van der Waals surface area contributed by atoms with Crippen molar-refractivity contribution in [3.05, 3.63) is 11.9 Å². The lowest BCUT2D eigenvalue weighted by Gasteiger charge is -2.31. The van der Waals surface area contributed by atoms with Gasteiger partial charge in [-0.15, -0.1) is 5.11 Å². The quantitative estimate of drug-likeness (QED) is 0.485. The Bertz CT molecular complexity index is 425. The molecule has 0 aromatic heterocycles. The Kier molecular flexibility index (Phi) is 2.65. The van der Waals surface area contributed by atoms with E-state index < -0.39 is 30.6 Å². The van der Waals surface area contributed by atoms with Crippen LogP contribution in [0.3, 0.4) is 0 Å². The van der Waals surface area contributed by atoms with Crippen LogP contribution in [0, 0.1) is 0 Å². The van der Waals surface area contributed by atoms with Crippen molar-refractivity contribution in [1.82, 2.24) is 15.6 Å². The summed E-state index contributed by atoms with van der Waals surface area (Å²) < 4.78 is 5.41. The van der Waals surface area contributed by atoms with E-state index in [1.807, 2.05) is 0 Å². The number of nitrogens with one attached hydrogen (secondary N) is 2. The summed E-state index contributed by atoms with van der Waals surface area (Å²) >= 11 is 0. The fourth-order valence-electron chi connectivity index (χ4n) is 2.16. The van der Waals surface area contributed by atoms with Gasteiger partial charge in [0.1, 0.15) is 6.10 Å². The molecule has 9 heteroatoms. The molecule has 3 aliphatic rings. The third-order valence-electron chi connectivity index (χ3n) is 3.06. The van der Waals surface area contributed by atoms with Gasteiger partial charge in [-0.3, -0.25) is 10.3 Å². The van der Waals surface area contributed by atoms with E-state index in [-0.39, 0.29) is 6.61 Å². The van der Waals surface area contributed by atoms with Crippen molar-refractivity contribution >= 4 is 6.03 Å². The molecule has 0 radical (unpaired) electrons. The zero-order chi connectivity index (χ0) is 12.7. The molecule has 98 valence electrons. The molecule has 0 aliphatic carbocycles. The zero-order valence-corrected chi connectivity index (χ0v) is 9.35. The van der Waals surface area contributed by atoms with Gasteiger partial charge in [0.2, 0.25) is 0 Å². The van der Waals surface area contributed by atoms with Gasteiger partial charge < -0.3 is 20.3 Å². The number of urea groups is 1. The van der Waals surface area contributed by atoms with Gasteiger partial charge in [-0.1, -0.05) is 5.22 Å². The average Bonchev–Trinajstić information content (AvgIpc) is 2.93. The molecule has 0 saturated carbocycles. The van der Waals surface area contributed by atoms with E-state index in [0.717, 1.165) is 0 Å². The predicted octanol–water partition coefficient (Wildman–Crippen LogP) is -1.38. The maximum Gasteiger partial charge on any atom is 0.325 e. The summed E-state index contributed by atoms with van der Waals surface area (Å²) in [6.07, 6.45) is -0.799. The molecule has 1 fully saturated rings. The Labute approximate surface area is 102 Å². The average molecular weight is 255 g/mol. The summed E-state index contributed by atoms with van der Waals surface area (Å²) in [7, 11) is 0. The normalized spacial score (nSPS) is 38.2. The molecule has 4 atom stereocenters. The Morgan fingerprint density at radius 2 is 2.44 bits per heavy atom. The first kappa shape index (κ1) is 11.4. The van der Waals surface area contributed by atoms with Gasteiger partial charge in [0.05, 0.1) is 18.4 Å². The molecule has 0 bridgehead atoms. The number of hydrogen-bond acceptors (Lipinski definition) is 7. The second kappa shape index (κ2) is 4.19. The molecule has 0 aromatic carbocycles. The summed E-state index contributed by atoms with van der Waals surface area (Å²) in [4.78, 5) is 13.1. The minimum Gasteiger partial charge on any atom is -0.394 e. The number of ether oxygens (including phenoxy) is 1. The van der Waals surface area contributed by atoms with Gasteiger partial charge in [0, 0.05) is 12.6 Å². The molecule has 2 unspecified atom stereocenters. The van der Waals surface area contributed by atoms with Gasteiger partial charge in [-0.05, 0) is 0 Å². The second-order valence-electron chi connectivity index (χ2n) is 4.31. The van der Waals surface area contributed by atoms with Crippen molar-refractivity contribution < 1.29 is 19.7 Å². The second-order valence-corrected chi connectivity index (χ2v) is 4.31. The number of rotatable bonds is 2. The largest absolute Gasteiger partial charge is 0.394 e. The number of nitrogens with zero attached hydrogens (tertiary/aromatic N) is 3. The first-order valence-corrected chi connectivity index (χ1v) is 5.60. The Morgan fingerprint density at radius 1 is 1.61 bits per heavy atom. The van der Waals surface area contributed by atoms with Crippen LogP contribution in [-0.4, -0.2) is 52.4 Å². The fourth-order valence-corrected chi connectivity index (χ4v) is 2.16. The summed E-state index contributed by atoms with van der Waals surface area (Å²) in [6.45, 7) is -0.189. The van der Waals surface area contributed by atoms with E-state index >= 15 is 0 Å². The topological polar surface area (TPSA) is 119 Å². The number of fused-ring (bicyclic) bond motifs is 1. The number of carbonyl (C=O) groups excluding carboxylic acids is 1. The summed E-state index contributed by atoms with van der Waals surface area (Å²) in [5.74, 6) is 0. The lowest BCUT2D eigenvalue weighted by molar-refractivity contribution is -0.0654. The summed E-state index contributed by atoms with van der Waals surface area (Å²) in [5.41, 5.74) is 3.26. The van der Waals surface area contributed by atoms with E-state index in [9.17, 15) is 9.90 Å². The molecular formula is C9H13N5O4. The van der Waals surface area contributed by atoms with Crippen LogP contribution in [-0.2, 0) is 4.74 Å². The number of hydrogen-bond donors (Lipinski definition) is 4. The minimum absolute atomic E-state index is 0.189. The zero-order valence-electron chi connectivity index (χ0n) is 9.35. The molecule has 2 amide bonds. The van der Waals surface area contributed by atoms with Crippen LogP contribution in [0.25, 0.3) is 0 Å². The highest BCUT2D eigenvalue weighted by Gasteiger charge is 2.42. The van der Waals surface area contributed by atoms with Crippen LogP contribution in [0.15, 0.2) is 22.2 Å². The third kappa shape index (κ3) is 1.72. The molecule has 9 nitrogen and oxygen atoms in total. The van der Waals surface area contributed by atoms with Crippen molar-refractivity contribution in [2.45, 2.75) is 31.0 Å². The SMILES string of the molecule is O=C1NC2N=NNC2=CN1[C@@H]1O[C@H](CO)CC1O. The van der Waals surface area contributed by atoms with Gasteiger partial charge in [-0.2, -0.15) is 0 Å². The molecule has 0 spiro atoms. The third-order valence-corrected chi connectivity index (χ3v) is 3.06. The molecular weight excluding hydrogens is 242 g/mol. The first-order chi connectivity index (χ1) is 8.69. The smallest absolute Gasteiger partial charge is 0.325 e. The number of aliphatic hydroxyl groups is 2. The highest BCUT2D eigenvalue weighted by atomic mass is 16.5. The van der Waals surface area contributed by atoms with E-state index in [4.69, 9.17) is 9.84 Å². The van der Waals surface area contributed by atoms with Crippen LogP contribution in [0.4, 0.5) is 4.79 Å². The first-order valence-electron chi connectivity index (χ1n) is 5.60. The highest BCUT2D eigenvalue weighted by Crippen LogP contribution is 2.26. The minimum atomic E-state index is -0.836. The molecule has 1 saturated heterocycles.